The van der Waals surface area contributed by atoms with Crippen LogP contribution in [0.4, 0.5) is 5.69 Å². The van der Waals surface area contributed by atoms with Gasteiger partial charge in [-0.2, -0.15) is 5.10 Å². The number of amides is 1. The fourth-order valence-electron chi connectivity index (χ4n) is 3.13. The first-order valence-corrected chi connectivity index (χ1v) is 12.0. The Morgan fingerprint density at radius 3 is 2.22 bits per heavy atom. The van der Waals surface area contributed by atoms with Gasteiger partial charge in [0.15, 0.2) is 0 Å². The van der Waals surface area contributed by atoms with Gasteiger partial charge in [-0.25, -0.2) is 13.8 Å². The molecule has 32 heavy (non-hydrogen) atoms. The SMILES string of the molecule is Cc1ccc(S(=O)(=O)N(CC(=O)N/N=C\c2cc(Br)c(C)o2)c2cc(C)cc(C)c2)cc1. The molecule has 0 fully saturated rings. The highest BCUT2D eigenvalue weighted by Crippen LogP contribution is 2.26. The number of carbonyl (C=O) groups excluding carboxylic acids is 1. The van der Waals surface area contributed by atoms with Crippen LogP contribution in [0.1, 0.15) is 28.2 Å². The lowest BCUT2D eigenvalue weighted by Crippen LogP contribution is -2.39. The minimum atomic E-state index is -3.98. The molecule has 0 bridgehead atoms. The monoisotopic (exact) mass is 517 g/mol. The van der Waals surface area contributed by atoms with Crippen LogP contribution in [0, 0.1) is 27.7 Å². The number of nitrogens with zero attached hydrogens (tertiary/aromatic N) is 2. The number of rotatable bonds is 7. The van der Waals surface area contributed by atoms with Crippen LogP contribution >= 0.6 is 15.9 Å². The van der Waals surface area contributed by atoms with Gasteiger partial charge >= 0.3 is 0 Å². The van der Waals surface area contributed by atoms with Gasteiger partial charge in [0, 0.05) is 6.07 Å². The number of hydrazone groups is 1. The van der Waals surface area contributed by atoms with E-state index in [-0.39, 0.29) is 4.90 Å². The predicted molar refractivity (Wildman–Crippen MR) is 129 cm³/mol. The fourth-order valence-corrected chi connectivity index (χ4v) is 4.84. The Labute approximate surface area is 196 Å². The highest BCUT2D eigenvalue weighted by molar-refractivity contribution is 9.10. The summed E-state index contributed by atoms with van der Waals surface area (Å²) in [6, 6.07) is 13.6. The van der Waals surface area contributed by atoms with E-state index in [0.29, 0.717) is 17.2 Å². The zero-order valence-corrected chi connectivity index (χ0v) is 20.6. The van der Waals surface area contributed by atoms with Crippen LogP contribution in [0.3, 0.4) is 0 Å². The second-order valence-corrected chi connectivity index (χ2v) is 10.2. The number of carbonyl (C=O) groups is 1. The highest BCUT2D eigenvalue weighted by atomic mass is 79.9. The lowest BCUT2D eigenvalue weighted by molar-refractivity contribution is -0.119. The quantitative estimate of drug-likeness (QED) is 0.365. The summed E-state index contributed by atoms with van der Waals surface area (Å²) in [5.41, 5.74) is 5.50. The lowest BCUT2D eigenvalue weighted by atomic mass is 10.1. The van der Waals surface area contributed by atoms with Crippen molar-refractivity contribution >= 4 is 43.8 Å². The van der Waals surface area contributed by atoms with Gasteiger partial charge in [0.25, 0.3) is 15.9 Å². The third-order valence-electron chi connectivity index (χ3n) is 4.65. The molecule has 0 aliphatic rings. The van der Waals surface area contributed by atoms with E-state index in [1.54, 1.807) is 37.3 Å². The smallest absolute Gasteiger partial charge is 0.264 e. The number of halogens is 1. The van der Waals surface area contributed by atoms with Crippen LogP contribution < -0.4 is 9.73 Å². The second kappa shape index (κ2) is 9.70. The van der Waals surface area contributed by atoms with Gasteiger partial charge in [-0.1, -0.05) is 23.8 Å². The highest BCUT2D eigenvalue weighted by Gasteiger charge is 2.27. The van der Waals surface area contributed by atoms with Gasteiger partial charge in [-0.15, -0.1) is 0 Å². The Hall–Kier alpha value is -2.91. The molecule has 1 amide bonds. The van der Waals surface area contributed by atoms with Crippen molar-refractivity contribution in [1.82, 2.24) is 5.43 Å². The van der Waals surface area contributed by atoms with Crippen LogP contribution in [0.5, 0.6) is 0 Å². The molecule has 2 aromatic carbocycles. The molecule has 1 N–H and O–H groups in total. The van der Waals surface area contributed by atoms with E-state index in [1.165, 1.54) is 18.3 Å². The number of hydrogen-bond donors (Lipinski definition) is 1. The van der Waals surface area contributed by atoms with Crippen molar-refractivity contribution in [1.29, 1.82) is 0 Å². The summed E-state index contributed by atoms with van der Waals surface area (Å²) in [6.07, 6.45) is 1.35. The van der Waals surface area contributed by atoms with Crippen LogP contribution in [0.25, 0.3) is 0 Å². The first kappa shape index (κ1) is 23.7. The van der Waals surface area contributed by atoms with Gasteiger partial charge < -0.3 is 4.42 Å². The maximum Gasteiger partial charge on any atom is 0.264 e. The predicted octanol–water partition coefficient (Wildman–Crippen LogP) is 4.62. The van der Waals surface area contributed by atoms with Gasteiger partial charge in [0.05, 0.1) is 21.3 Å². The van der Waals surface area contributed by atoms with Crippen LogP contribution in [-0.4, -0.2) is 27.1 Å². The van der Waals surface area contributed by atoms with E-state index in [1.807, 2.05) is 26.8 Å². The average Bonchev–Trinajstić information content (AvgIpc) is 3.03. The molecule has 3 aromatic rings. The van der Waals surface area contributed by atoms with Gasteiger partial charge in [0.1, 0.15) is 18.1 Å². The molecule has 9 heteroatoms. The summed E-state index contributed by atoms with van der Waals surface area (Å²) in [5.74, 6) is 0.550. The topological polar surface area (TPSA) is 92.0 Å². The molecule has 0 spiro atoms. The number of aryl methyl sites for hydroxylation is 4. The van der Waals surface area contributed by atoms with Crippen LogP contribution in [-0.2, 0) is 14.8 Å². The van der Waals surface area contributed by atoms with Crippen molar-refractivity contribution in [2.45, 2.75) is 32.6 Å². The van der Waals surface area contributed by atoms with Crippen molar-refractivity contribution in [3.05, 3.63) is 81.2 Å². The molecular weight excluding hydrogens is 494 g/mol. The largest absolute Gasteiger partial charge is 0.459 e. The molecule has 0 atom stereocenters. The maximum atomic E-state index is 13.4. The van der Waals surface area contributed by atoms with Gasteiger partial charge in [0.2, 0.25) is 0 Å². The zero-order chi connectivity index (χ0) is 23.5. The minimum Gasteiger partial charge on any atom is -0.459 e. The Kier molecular flexibility index (Phi) is 7.20. The van der Waals surface area contributed by atoms with Crippen molar-refractivity contribution in [3.63, 3.8) is 0 Å². The maximum absolute atomic E-state index is 13.4. The number of nitrogens with one attached hydrogen (secondary N) is 1. The Morgan fingerprint density at radius 2 is 1.66 bits per heavy atom. The molecule has 0 saturated heterocycles. The summed E-state index contributed by atoms with van der Waals surface area (Å²) in [6.45, 7) is 6.99. The number of sulfonamides is 1. The Bertz CT molecular complexity index is 1230. The third kappa shape index (κ3) is 5.66. The number of anilines is 1. The van der Waals surface area contributed by atoms with E-state index in [4.69, 9.17) is 4.42 Å². The summed E-state index contributed by atoms with van der Waals surface area (Å²) < 4.78 is 34.2. The summed E-state index contributed by atoms with van der Waals surface area (Å²) in [5, 5.41) is 3.88. The Balaban J connectivity index is 1.88. The Morgan fingerprint density at radius 1 is 1.03 bits per heavy atom. The van der Waals surface area contributed by atoms with E-state index in [2.05, 4.69) is 26.5 Å². The first-order chi connectivity index (χ1) is 15.1. The molecule has 1 aromatic heterocycles. The molecule has 3 rings (SSSR count). The molecule has 0 radical (unpaired) electrons. The van der Waals surface area contributed by atoms with Crippen molar-refractivity contribution in [2.24, 2.45) is 5.10 Å². The number of benzene rings is 2. The van der Waals surface area contributed by atoms with Crippen LogP contribution in [0.2, 0.25) is 0 Å². The molecule has 0 unspecified atom stereocenters. The van der Waals surface area contributed by atoms with Crippen molar-refractivity contribution < 1.29 is 17.6 Å². The first-order valence-electron chi connectivity index (χ1n) is 9.82. The summed E-state index contributed by atoms with van der Waals surface area (Å²) >= 11 is 3.34. The van der Waals surface area contributed by atoms with E-state index < -0.39 is 22.5 Å². The summed E-state index contributed by atoms with van der Waals surface area (Å²) in [7, 11) is -3.98. The zero-order valence-electron chi connectivity index (χ0n) is 18.2. The van der Waals surface area contributed by atoms with Crippen molar-refractivity contribution in [3.8, 4) is 0 Å². The van der Waals surface area contributed by atoms with E-state index in [0.717, 1.165) is 25.5 Å². The number of hydrogen-bond acceptors (Lipinski definition) is 5. The molecule has 0 saturated carbocycles. The molecule has 0 aliphatic carbocycles. The molecular formula is C23H24BrN3O4S. The molecule has 0 aliphatic heterocycles. The number of furan rings is 1. The van der Waals surface area contributed by atoms with Crippen molar-refractivity contribution in [2.75, 3.05) is 10.8 Å². The van der Waals surface area contributed by atoms with Crippen LogP contribution in [0.15, 0.2) is 67.4 Å². The lowest BCUT2D eigenvalue weighted by Gasteiger charge is -2.24. The van der Waals surface area contributed by atoms with E-state index >= 15 is 0 Å². The average molecular weight is 518 g/mol. The minimum absolute atomic E-state index is 0.106. The van der Waals surface area contributed by atoms with E-state index in [9.17, 15) is 13.2 Å². The fraction of sp³-hybridized carbons (Fsp3) is 0.217. The normalized spacial score (nSPS) is 11.7. The second-order valence-electron chi connectivity index (χ2n) is 7.52. The van der Waals surface area contributed by atoms with Gasteiger partial charge in [-0.3, -0.25) is 9.10 Å². The molecule has 7 nitrogen and oxygen atoms in total. The van der Waals surface area contributed by atoms with Gasteiger partial charge in [-0.05, 0) is 79.0 Å². The molecule has 168 valence electrons. The standard InChI is InChI=1S/C23H24BrN3O4S/c1-15-5-7-21(8-6-15)32(29,30)27(19-10-16(2)9-17(3)11-19)14-23(28)26-25-13-20-12-22(24)18(4)31-20/h5-13H,14H2,1-4H3,(H,26,28)/b25-13-. The summed E-state index contributed by atoms with van der Waals surface area (Å²) in [4.78, 5) is 12.7. The molecule has 1 heterocycles. The third-order valence-corrected chi connectivity index (χ3v) is 7.22.